The molecule has 25 heavy (non-hydrogen) atoms. The number of aromatic nitrogens is 1. The molecule has 0 unspecified atom stereocenters. The van der Waals surface area contributed by atoms with E-state index in [1.165, 1.54) is 6.92 Å². The van der Waals surface area contributed by atoms with Crippen LogP contribution in [-0.4, -0.2) is 35.7 Å². The number of aryl methyl sites for hydroxylation is 1. The number of carbonyl (C=O) groups is 3. The highest BCUT2D eigenvalue weighted by atomic mass is 16.5. The Morgan fingerprint density at radius 3 is 2.44 bits per heavy atom. The summed E-state index contributed by atoms with van der Waals surface area (Å²) in [5, 5.41) is 0. The van der Waals surface area contributed by atoms with E-state index in [2.05, 4.69) is 4.98 Å². The number of ether oxygens (including phenoxy) is 2. The molecule has 6 heteroatoms. The van der Waals surface area contributed by atoms with Crippen molar-refractivity contribution >= 4 is 17.5 Å². The third-order valence-electron chi connectivity index (χ3n) is 3.82. The minimum Gasteiger partial charge on any atom is -0.485 e. The zero-order valence-electron chi connectivity index (χ0n) is 14.8. The van der Waals surface area contributed by atoms with Crippen molar-refractivity contribution in [1.29, 1.82) is 0 Å². The summed E-state index contributed by atoms with van der Waals surface area (Å²) in [5.41, 5.74) is 2.20. The lowest BCUT2D eigenvalue weighted by atomic mass is 10.1. The first-order valence-corrected chi connectivity index (χ1v) is 7.99. The molecule has 132 valence electrons. The van der Waals surface area contributed by atoms with Crippen LogP contribution in [0.2, 0.25) is 0 Å². The molecule has 0 bridgehead atoms. The van der Waals surface area contributed by atoms with E-state index in [-0.39, 0.29) is 24.8 Å². The van der Waals surface area contributed by atoms with E-state index >= 15 is 0 Å². The molecule has 0 amide bonds. The van der Waals surface area contributed by atoms with Crippen molar-refractivity contribution in [2.45, 2.75) is 27.7 Å². The van der Waals surface area contributed by atoms with E-state index < -0.39 is 5.97 Å². The molecule has 2 aromatic rings. The normalized spacial score (nSPS) is 10.4. The average molecular weight is 343 g/mol. The highest BCUT2D eigenvalue weighted by molar-refractivity contribution is 6.02. The number of esters is 1. The van der Waals surface area contributed by atoms with Gasteiger partial charge in [-0.15, -0.1) is 0 Å². The van der Waals surface area contributed by atoms with Gasteiger partial charge in [-0.2, -0.15) is 0 Å². The van der Waals surface area contributed by atoms with Crippen LogP contribution in [0.4, 0.5) is 0 Å². The van der Waals surface area contributed by atoms with Gasteiger partial charge in [-0.1, -0.05) is 12.1 Å². The minimum absolute atomic E-state index is 0.139. The van der Waals surface area contributed by atoms with Crippen molar-refractivity contribution < 1.29 is 23.9 Å². The number of aromatic amines is 1. The maximum atomic E-state index is 12.5. The van der Waals surface area contributed by atoms with Gasteiger partial charge in [0, 0.05) is 5.69 Å². The fraction of sp³-hybridized carbons (Fsp3) is 0.316. The number of nitrogens with one attached hydrogen (secondary N) is 1. The second kappa shape index (κ2) is 7.79. The molecule has 6 nitrogen and oxygen atoms in total. The van der Waals surface area contributed by atoms with Gasteiger partial charge in [0.1, 0.15) is 5.75 Å². The second-order valence-electron chi connectivity index (χ2n) is 5.61. The lowest BCUT2D eigenvalue weighted by Gasteiger charge is -2.09. The van der Waals surface area contributed by atoms with Crippen LogP contribution < -0.4 is 4.74 Å². The first kappa shape index (κ1) is 18.4. The molecular weight excluding hydrogens is 322 g/mol. The lowest BCUT2D eigenvalue weighted by molar-refractivity contribution is 0.0525. The van der Waals surface area contributed by atoms with Crippen molar-refractivity contribution in [3.63, 3.8) is 0 Å². The fourth-order valence-electron chi connectivity index (χ4n) is 2.64. The number of H-pyrrole nitrogens is 1. The maximum Gasteiger partial charge on any atom is 0.340 e. The Hall–Kier alpha value is -2.89. The molecule has 1 heterocycles. The number of rotatable bonds is 7. The van der Waals surface area contributed by atoms with Gasteiger partial charge in [-0.05, 0) is 45.4 Å². The number of Topliss-reactive ketones (excluding diaryl/α,β-unsaturated/α-hetero) is 2. The molecule has 0 radical (unpaired) electrons. The molecule has 1 aromatic carbocycles. The van der Waals surface area contributed by atoms with Crippen molar-refractivity contribution in [2.24, 2.45) is 0 Å². The topological polar surface area (TPSA) is 85.5 Å². The van der Waals surface area contributed by atoms with Crippen molar-refractivity contribution in [1.82, 2.24) is 4.98 Å². The Labute approximate surface area is 146 Å². The third kappa shape index (κ3) is 3.96. The summed E-state index contributed by atoms with van der Waals surface area (Å²) in [7, 11) is 0. The summed E-state index contributed by atoms with van der Waals surface area (Å²) in [6, 6.07) is 6.75. The number of ketones is 2. The van der Waals surface area contributed by atoms with Gasteiger partial charge in [-0.3, -0.25) is 9.59 Å². The van der Waals surface area contributed by atoms with E-state index in [1.807, 2.05) is 0 Å². The molecule has 0 spiro atoms. The van der Waals surface area contributed by atoms with Gasteiger partial charge in [0.2, 0.25) is 5.78 Å². The maximum absolute atomic E-state index is 12.5. The quantitative estimate of drug-likeness (QED) is 0.616. The van der Waals surface area contributed by atoms with Crippen molar-refractivity contribution in [3.8, 4) is 5.75 Å². The zero-order chi connectivity index (χ0) is 18.6. The lowest BCUT2D eigenvalue weighted by Crippen LogP contribution is -2.15. The Balaban J connectivity index is 2.19. The van der Waals surface area contributed by atoms with Gasteiger partial charge in [0.25, 0.3) is 0 Å². The molecule has 2 rings (SSSR count). The van der Waals surface area contributed by atoms with Crippen LogP contribution in [0.25, 0.3) is 0 Å². The van der Waals surface area contributed by atoms with Crippen LogP contribution >= 0.6 is 0 Å². The summed E-state index contributed by atoms with van der Waals surface area (Å²) in [4.78, 5) is 39.0. The summed E-state index contributed by atoms with van der Waals surface area (Å²) in [5.74, 6) is -0.556. The van der Waals surface area contributed by atoms with E-state index in [9.17, 15) is 14.4 Å². The molecule has 0 fully saturated rings. The Bertz CT molecular complexity index is 819. The average Bonchev–Trinajstić information content (AvgIpc) is 2.87. The van der Waals surface area contributed by atoms with Crippen LogP contribution in [0.3, 0.4) is 0 Å². The van der Waals surface area contributed by atoms with E-state index in [0.29, 0.717) is 33.8 Å². The van der Waals surface area contributed by atoms with Crippen LogP contribution in [0.5, 0.6) is 5.75 Å². The third-order valence-corrected chi connectivity index (χ3v) is 3.82. The van der Waals surface area contributed by atoms with Crippen LogP contribution in [0.15, 0.2) is 24.3 Å². The predicted octanol–water partition coefficient (Wildman–Crippen LogP) is 3.27. The Morgan fingerprint density at radius 2 is 1.80 bits per heavy atom. The molecule has 0 aliphatic rings. The first-order valence-electron chi connectivity index (χ1n) is 7.99. The monoisotopic (exact) mass is 343 g/mol. The highest BCUT2D eigenvalue weighted by Crippen LogP contribution is 2.21. The highest BCUT2D eigenvalue weighted by Gasteiger charge is 2.23. The van der Waals surface area contributed by atoms with Gasteiger partial charge in [0.15, 0.2) is 12.4 Å². The zero-order valence-corrected chi connectivity index (χ0v) is 14.8. The van der Waals surface area contributed by atoms with Gasteiger partial charge in [0.05, 0.1) is 23.4 Å². The molecular formula is C19H21NO5. The predicted molar refractivity (Wildman–Crippen MR) is 92.5 cm³/mol. The summed E-state index contributed by atoms with van der Waals surface area (Å²) in [6.45, 7) is 6.58. The summed E-state index contributed by atoms with van der Waals surface area (Å²) >= 11 is 0. The SMILES string of the molecule is CCOC(=O)c1c(C)[nH]c(C(=O)COc2ccccc2C(C)=O)c1C. The minimum atomic E-state index is -0.462. The van der Waals surface area contributed by atoms with Crippen LogP contribution in [0, 0.1) is 13.8 Å². The standard InChI is InChI=1S/C19H21NO5/c1-5-24-19(23)17-11(2)18(20-12(17)3)15(22)10-25-16-9-7-6-8-14(16)13(4)21/h6-9,20H,5,10H2,1-4H3. The molecule has 0 saturated carbocycles. The largest absolute Gasteiger partial charge is 0.485 e. The number of hydrogen-bond donors (Lipinski definition) is 1. The Kier molecular flexibility index (Phi) is 5.75. The van der Waals surface area contributed by atoms with Gasteiger partial charge < -0.3 is 14.5 Å². The number of hydrogen-bond acceptors (Lipinski definition) is 5. The van der Waals surface area contributed by atoms with E-state index in [0.717, 1.165) is 0 Å². The van der Waals surface area contributed by atoms with E-state index in [4.69, 9.17) is 9.47 Å². The van der Waals surface area contributed by atoms with Crippen molar-refractivity contribution in [2.75, 3.05) is 13.2 Å². The Morgan fingerprint density at radius 1 is 1.12 bits per heavy atom. The second-order valence-corrected chi connectivity index (χ2v) is 5.61. The fourth-order valence-corrected chi connectivity index (χ4v) is 2.64. The smallest absolute Gasteiger partial charge is 0.340 e. The number of carbonyl (C=O) groups excluding carboxylic acids is 3. The summed E-state index contributed by atoms with van der Waals surface area (Å²) in [6.07, 6.45) is 0. The van der Waals surface area contributed by atoms with E-state index in [1.54, 1.807) is 45.0 Å². The van der Waals surface area contributed by atoms with Crippen molar-refractivity contribution in [3.05, 3.63) is 52.3 Å². The van der Waals surface area contributed by atoms with Gasteiger partial charge in [-0.25, -0.2) is 4.79 Å². The van der Waals surface area contributed by atoms with Gasteiger partial charge >= 0.3 is 5.97 Å². The molecule has 0 atom stereocenters. The summed E-state index contributed by atoms with van der Waals surface area (Å²) < 4.78 is 10.5. The molecule has 1 N–H and O–H groups in total. The van der Waals surface area contributed by atoms with Crippen LogP contribution in [-0.2, 0) is 4.74 Å². The molecule has 0 aliphatic heterocycles. The van der Waals surface area contributed by atoms with Crippen LogP contribution in [0.1, 0.15) is 56.3 Å². The number of benzene rings is 1. The number of para-hydroxylation sites is 1. The first-order chi connectivity index (χ1) is 11.9. The molecule has 0 aliphatic carbocycles. The molecule has 0 saturated heterocycles. The molecule has 1 aromatic heterocycles.